The van der Waals surface area contributed by atoms with E-state index in [1.807, 2.05) is 13.8 Å². The normalized spacial score (nSPS) is 12.4. The third-order valence-electron chi connectivity index (χ3n) is 1.49. The predicted octanol–water partition coefficient (Wildman–Crippen LogP) is 2.18. The van der Waals surface area contributed by atoms with Gasteiger partial charge in [-0.15, -0.1) is 0 Å². The Hall–Kier alpha value is -0.770. The van der Waals surface area contributed by atoms with E-state index >= 15 is 0 Å². The van der Waals surface area contributed by atoms with Crippen molar-refractivity contribution in [3.8, 4) is 0 Å². The van der Waals surface area contributed by atoms with Crippen molar-refractivity contribution in [3.63, 3.8) is 0 Å². The van der Waals surface area contributed by atoms with Crippen LogP contribution in [-0.4, -0.2) is 17.9 Å². The lowest BCUT2D eigenvalue weighted by Crippen LogP contribution is -2.34. The van der Waals surface area contributed by atoms with Gasteiger partial charge in [-0.05, 0) is 39.6 Å². The molecule has 0 aliphatic heterocycles. The number of hydrogen-bond acceptors (Lipinski definition) is 3. The third kappa shape index (κ3) is 7.59. The summed E-state index contributed by atoms with van der Waals surface area (Å²) in [5.74, 6) is 0. The SMILES string of the molecule is CC(C)(N)CCOC(C)(C)N=[N+]=[N-]. The van der Waals surface area contributed by atoms with Crippen molar-refractivity contribution in [2.45, 2.75) is 45.4 Å². The van der Waals surface area contributed by atoms with Crippen molar-refractivity contribution >= 4 is 0 Å². The Morgan fingerprint density at radius 3 is 2.31 bits per heavy atom. The molecule has 76 valence electrons. The van der Waals surface area contributed by atoms with Crippen LogP contribution in [0.25, 0.3) is 10.4 Å². The molecule has 0 heterocycles. The average molecular weight is 186 g/mol. The number of nitrogens with zero attached hydrogens (tertiary/aromatic N) is 3. The van der Waals surface area contributed by atoms with Crippen LogP contribution in [-0.2, 0) is 4.74 Å². The minimum atomic E-state index is -0.778. The molecule has 2 N–H and O–H groups in total. The molecule has 0 saturated heterocycles. The minimum Gasteiger partial charge on any atom is -0.369 e. The second kappa shape index (κ2) is 4.46. The lowest BCUT2D eigenvalue weighted by Gasteiger charge is -2.23. The van der Waals surface area contributed by atoms with Crippen LogP contribution in [0.4, 0.5) is 0 Å². The predicted molar refractivity (Wildman–Crippen MR) is 52.1 cm³/mol. The highest BCUT2D eigenvalue weighted by Crippen LogP contribution is 2.13. The van der Waals surface area contributed by atoms with E-state index in [-0.39, 0.29) is 5.54 Å². The van der Waals surface area contributed by atoms with Gasteiger partial charge in [-0.3, -0.25) is 0 Å². The first-order valence-electron chi connectivity index (χ1n) is 4.26. The Balaban J connectivity index is 3.83. The first kappa shape index (κ1) is 12.2. The van der Waals surface area contributed by atoms with Crippen LogP contribution >= 0.6 is 0 Å². The molecule has 0 rings (SSSR count). The first-order chi connectivity index (χ1) is 5.77. The molecule has 0 unspecified atom stereocenters. The lowest BCUT2D eigenvalue weighted by molar-refractivity contribution is -0.0182. The molecule has 0 aliphatic rings. The molecule has 0 fully saturated rings. The van der Waals surface area contributed by atoms with Crippen LogP contribution in [0, 0.1) is 0 Å². The summed E-state index contributed by atoms with van der Waals surface area (Å²) in [7, 11) is 0. The molecule has 0 bridgehead atoms. The molecule has 0 saturated carbocycles. The average Bonchev–Trinajstić information content (AvgIpc) is 1.82. The Morgan fingerprint density at radius 2 is 1.92 bits per heavy atom. The number of ether oxygens (including phenoxy) is 1. The van der Waals surface area contributed by atoms with Crippen LogP contribution in [0.5, 0.6) is 0 Å². The van der Waals surface area contributed by atoms with Crippen LogP contribution < -0.4 is 5.73 Å². The topological polar surface area (TPSA) is 84.0 Å². The summed E-state index contributed by atoms with van der Waals surface area (Å²) in [5, 5.41) is 3.49. The quantitative estimate of drug-likeness (QED) is 0.405. The Kier molecular flexibility index (Phi) is 4.20. The summed E-state index contributed by atoms with van der Waals surface area (Å²) >= 11 is 0. The summed E-state index contributed by atoms with van der Waals surface area (Å²) in [6.07, 6.45) is 0.734. The summed E-state index contributed by atoms with van der Waals surface area (Å²) in [4.78, 5) is 2.69. The van der Waals surface area contributed by atoms with Gasteiger partial charge in [0.15, 0.2) is 0 Å². The third-order valence-corrected chi connectivity index (χ3v) is 1.49. The van der Waals surface area contributed by atoms with Gasteiger partial charge in [-0.25, -0.2) is 0 Å². The maximum atomic E-state index is 8.21. The van der Waals surface area contributed by atoms with E-state index in [4.69, 9.17) is 16.0 Å². The molecule has 0 spiro atoms. The minimum absolute atomic E-state index is 0.244. The summed E-state index contributed by atoms with van der Waals surface area (Å²) in [6, 6.07) is 0. The monoisotopic (exact) mass is 186 g/mol. The van der Waals surface area contributed by atoms with Crippen molar-refractivity contribution in [2.75, 3.05) is 6.61 Å². The Labute approximate surface area is 78.9 Å². The highest BCUT2D eigenvalue weighted by molar-refractivity contribution is 4.72. The number of hydrogen-bond donors (Lipinski definition) is 1. The molecule has 0 aromatic rings. The van der Waals surface area contributed by atoms with Gasteiger partial charge in [-0.2, -0.15) is 0 Å². The molecule has 5 heteroatoms. The Bertz CT molecular complexity index is 201. The standard InChI is InChI=1S/C8H18N4O/c1-7(2,9)5-6-13-8(3,4)11-12-10/h5-6,9H2,1-4H3. The van der Waals surface area contributed by atoms with Gasteiger partial charge in [0, 0.05) is 17.1 Å². The van der Waals surface area contributed by atoms with Gasteiger partial charge in [0.2, 0.25) is 0 Å². The number of rotatable bonds is 5. The van der Waals surface area contributed by atoms with E-state index in [1.165, 1.54) is 0 Å². The fraction of sp³-hybridized carbons (Fsp3) is 1.00. The van der Waals surface area contributed by atoms with Crippen LogP contribution in [0.2, 0.25) is 0 Å². The second-order valence-electron chi connectivity index (χ2n) is 4.22. The van der Waals surface area contributed by atoms with E-state index in [9.17, 15) is 0 Å². The maximum Gasteiger partial charge on any atom is 0.141 e. The molecule has 0 aromatic heterocycles. The molecule has 0 aliphatic carbocycles. The van der Waals surface area contributed by atoms with Gasteiger partial charge in [0.1, 0.15) is 5.72 Å². The molecule has 0 amide bonds. The zero-order chi connectivity index (χ0) is 10.5. The van der Waals surface area contributed by atoms with E-state index in [0.717, 1.165) is 6.42 Å². The number of azide groups is 1. The number of nitrogens with two attached hydrogens (primary N) is 1. The van der Waals surface area contributed by atoms with Crippen LogP contribution in [0.1, 0.15) is 34.1 Å². The smallest absolute Gasteiger partial charge is 0.141 e. The van der Waals surface area contributed by atoms with Gasteiger partial charge >= 0.3 is 0 Å². The zero-order valence-corrected chi connectivity index (χ0v) is 8.74. The van der Waals surface area contributed by atoms with Gasteiger partial charge in [0.05, 0.1) is 0 Å². The van der Waals surface area contributed by atoms with Crippen molar-refractivity contribution in [1.82, 2.24) is 0 Å². The summed E-state index contributed by atoms with van der Waals surface area (Å²) < 4.78 is 5.35. The first-order valence-corrected chi connectivity index (χ1v) is 4.26. The van der Waals surface area contributed by atoms with E-state index < -0.39 is 5.72 Å². The van der Waals surface area contributed by atoms with Crippen molar-refractivity contribution < 1.29 is 4.74 Å². The lowest BCUT2D eigenvalue weighted by atomic mass is 10.0. The molecule has 13 heavy (non-hydrogen) atoms. The van der Waals surface area contributed by atoms with Crippen molar-refractivity contribution in [2.24, 2.45) is 10.8 Å². The maximum absolute atomic E-state index is 8.21. The second-order valence-corrected chi connectivity index (χ2v) is 4.22. The highest BCUT2D eigenvalue weighted by atomic mass is 16.5. The molecule has 0 aromatic carbocycles. The van der Waals surface area contributed by atoms with Gasteiger partial charge < -0.3 is 10.5 Å². The summed E-state index contributed by atoms with van der Waals surface area (Å²) in [6.45, 7) is 7.79. The van der Waals surface area contributed by atoms with E-state index in [0.29, 0.717) is 6.61 Å². The zero-order valence-electron chi connectivity index (χ0n) is 8.74. The fourth-order valence-electron chi connectivity index (χ4n) is 0.700. The largest absolute Gasteiger partial charge is 0.369 e. The Morgan fingerprint density at radius 1 is 1.38 bits per heavy atom. The van der Waals surface area contributed by atoms with Crippen molar-refractivity contribution in [1.29, 1.82) is 0 Å². The highest BCUT2D eigenvalue weighted by Gasteiger charge is 2.17. The van der Waals surface area contributed by atoms with Crippen molar-refractivity contribution in [3.05, 3.63) is 10.4 Å². The van der Waals surface area contributed by atoms with E-state index in [1.54, 1.807) is 13.8 Å². The van der Waals surface area contributed by atoms with E-state index in [2.05, 4.69) is 10.0 Å². The molecule has 5 nitrogen and oxygen atoms in total. The van der Waals surface area contributed by atoms with Gasteiger partial charge in [-0.1, -0.05) is 5.11 Å². The summed E-state index contributed by atoms with van der Waals surface area (Å²) in [5.41, 5.74) is 12.9. The molecular formula is C8H18N4O. The molecule has 0 atom stereocenters. The fourth-order valence-corrected chi connectivity index (χ4v) is 0.700. The van der Waals surface area contributed by atoms with Crippen LogP contribution in [0.3, 0.4) is 0 Å². The van der Waals surface area contributed by atoms with Gasteiger partial charge in [0.25, 0.3) is 0 Å². The van der Waals surface area contributed by atoms with Crippen LogP contribution in [0.15, 0.2) is 5.11 Å². The molecular weight excluding hydrogens is 168 g/mol. The molecule has 0 radical (unpaired) electrons.